The number of alkyl halides is 5. The summed E-state index contributed by atoms with van der Waals surface area (Å²) in [4.78, 5) is 41.8. The third-order valence-corrected chi connectivity index (χ3v) is 9.70. The molecule has 5 aliphatic rings. The molecular weight excluding hydrogens is 588 g/mol. The summed E-state index contributed by atoms with van der Waals surface area (Å²) >= 11 is 3.38. The Bertz CT molecular complexity index is 991. The summed E-state index contributed by atoms with van der Waals surface area (Å²) in [6.07, 6.45) is -2.38. The summed E-state index contributed by atoms with van der Waals surface area (Å²) in [5.74, 6) is -4.22. The number of carbonyl (C=O) groups is 3. The summed E-state index contributed by atoms with van der Waals surface area (Å²) in [6, 6.07) is -2.22. The van der Waals surface area contributed by atoms with Crippen molar-refractivity contribution in [2.45, 2.75) is 73.8 Å². The third-order valence-electron chi connectivity index (χ3n) is 8.96. The highest BCUT2D eigenvalue weighted by Crippen LogP contribution is 2.46. The highest BCUT2D eigenvalue weighted by molar-refractivity contribution is 9.09. The standard InChI is InChI=1S/C26H35BrF4N4O4/c27-14-10-18(25(38)34-6-8-39-9-7-34)23(19(11-14)26(29,30)31)35-5-4-15(13-35)32-24(37)17-12-21(36)33-22-16(17)2-1-3-20(22)28/h12,14-16,18-20,22-23H,1-11,13H2,(H,32,37)(H,33,36)/t14?,15-,16?,18?,19?,20?,22?,23?/m1/s1. The number of morpholine rings is 1. The van der Waals surface area contributed by atoms with Gasteiger partial charge in [0.2, 0.25) is 17.7 Å². The van der Waals surface area contributed by atoms with Crippen LogP contribution in [0.25, 0.3) is 0 Å². The number of ether oxygens (including phenoxy) is 1. The first kappa shape index (κ1) is 28.8. The van der Waals surface area contributed by atoms with Gasteiger partial charge in [0.05, 0.1) is 31.1 Å². The average molecular weight is 623 g/mol. The summed E-state index contributed by atoms with van der Waals surface area (Å²) < 4.78 is 62.8. The lowest BCUT2D eigenvalue weighted by Gasteiger charge is -2.46. The van der Waals surface area contributed by atoms with Crippen LogP contribution < -0.4 is 10.6 Å². The number of hydrogen-bond acceptors (Lipinski definition) is 5. The van der Waals surface area contributed by atoms with Crippen LogP contribution in [-0.4, -0.2) is 102 Å². The zero-order valence-electron chi connectivity index (χ0n) is 21.6. The second-order valence-corrected chi connectivity index (χ2v) is 12.7. The molecule has 8 nitrogen and oxygen atoms in total. The highest BCUT2D eigenvalue weighted by Gasteiger charge is 2.56. The van der Waals surface area contributed by atoms with Gasteiger partial charge >= 0.3 is 6.18 Å². The fourth-order valence-corrected chi connectivity index (χ4v) is 7.93. The molecule has 2 saturated carbocycles. The van der Waals surface area contributed by atoms with Crippen molar-refractivity contribution < 1.29 is 36.7 Å². The Kier molecular flexibility index (Phi) is 8.59. The van der Waals surface area contributed by atoms with Crippen molar-refractivity contribution in [2.24, 2.45) is 17.8 Å². The predicted octanol–water partition coefficient (Wildman–Crippen LogP) is 2.32. The van der Waals surface area contributed by atoms with E-state index in [2.05, 4.69) is 26.6 Å². The number of rotatable bonds is 4. The fourth-order valence-electron chi connectivity index (χ4n) is 7.12. The number of fused-ring (bicyclic) bond motifs is 1. The van der Waals surface area contributed by atoms with Crippen LogP contribution in [0.15, 0.2) is 11.6 Å². The lowest BCUT2D eigenvalue weighted by molar-refractivity contribution is -0.205. The Morgan fingerprint density at radius 3 is 2.56 bits per heavy atom. The molecule has 0 bridgehead atoms. The van der Waals surface area contributed by atoms with E-state index in [0.717, 1.165) is 0 Å². The minimum absolute atomic E-state index is 0.121. The number of amides is 3. The Balaban J connectivity index is 1.31. The maximum absolute atomic E-state index is 14.5. The molecule has 13 heteroatoms. The van der Waals surface area contributed by atoms with E-state index in [9.17, 15) is 31.9 Å². The van der Waals surface area contributed by atoms with E-state index in [1.54, 1.807) is 9.80 Å². The van der Waals surface area contributed by atoms with Crippen LogP contribution in [0.2, 0.25) is 0 Å². The van der Waals surface area contributed by atoms with Crippen molar-refractivity contribution in [3.8, 4) is 0 Å². The van der Waals surface area contributed by atoms with E-state index >= 15 is 0 Å². The zero-order chi connectivity index (χ0) is 27.9. The number of nitrogens with zero attached hydrogens (tertiary/aromatic N) is 2. The normalized spacial score (nSPS) is 38.0. The Hall–Kier alpha value is -1.73. The Morgan fingerprint density at radius 1 is 1.10 bits per heavy atom. The average Bonchev–Trinajstić information content (AvgIpc) is 3.35. The van der Waals surface area contributed by atoms with Crippen molar-refractivity contribution in [1.82, 2.24) is 20.4 Å². The van der Waals surface area contributed by atoms with Crippen LogP contribution in [0.3, 0.4) is 0 Å². The van der Waals surface area contributed by atoms with Gasteiger partial charge in [0.25, 0.3) is 0 Å². The van der Waals surface area contributed by atoms with Crippen LogP contribution in [-0.2, 0) is 19.1 Å². The molecule has 8 atom stereocenters. The predicted molar refractivity (Wildman–Crippen MR) is 137 cm³/mol. The number of carbonyl (C=O) groups excluding carboxylic acids is 3. The second-order valence-electron chi connectivity index (χ2n) is 11.4. The van der Waals surface area contributed by atoms with E-state index in [1.165, 1.54) is 6.08 Å². The van der Waals surface area contributed by atoms with Crippen molar-refractivity contribution in [3.63, 3.8) is 0 Å². The van der Waals surface area contributed by atoms with Crippen LogP contribution in [0.1, 0.15) is 38.5 Å². The van der Waals surface area contributed by atoms with E-state index in [-0.39, 0.29) is 24.4 Å². The quantitative estimate of drug-likeness (QED) is 0.371. The fraction of sp³-hybridized carbons (Fsp3) is 0.808. The molecular formula is C26H35BrF4N4O4. The molecule has 0 aromatic carbocycles. The minimum Gasteiger partial charge on any atom is -0.378 e. The first-order valence-corrected chi connectivity index (χ1v) is 14.7. The Morgan fingerprint density at radius 2 is 1.85 bits per heavy atom. The summed E-state index contributed by atoms with van der Waals surface area (Å²) in [5.41, 5.74) is 0.234. The molecule has 2 aliphatic carbocycles. The maximum atomic E-state index is 14.5. The molecule has 3 aliphatic heterocycles. The SMILES string of the molecule is O=C1C=C(C(=O)N[C@@H]2CCN(C3C(C(=O)N4CCOCC4)CC(Br)CC3C(F)(F)F)C2)C2CCCC(F)C2N1. The molecule has 218 valence electrons. The largest absolute Gasteiger partial charge is 0.393 e. The van der Waals surface area contributed by atoms with E-state index in [4.69, 9.17) is 4.74 Å². The smallest absolute Gasteiger partial charge is 0.378 e. The minimum atomic E-state index is -4.48. The third kappa shape index (κ3) is 6.14. The van der Waals surface area contributed by atoms with Crippen molar-refractivity contribution in [3.05, 3.63) is 11.6 Å². The number of halogens is 5. The van der Waals surface area contributed by atoms with E-state index < -0.39 is 64.9 Å². The molecule has 5 rings (SSSR count). The van der Waals surface area contributed by atoms with Crippen LogP contribution in [0, 0.1) is 17.8 Å². The van der Waals surface area contributed by atoms with Gasteiger partial charge in [0.15, 0.2) is 0 Å². The van der Waals surface area contributed by atoms with Gasteiger partial charge in [-0.2, -0.15) is 13.2 Å². The van der Waals surface area contributed by atoms with Crippen molar-refractivity contribution in [1.29, 1.82) is 0 Å². The number of hydrogen-bond donors (Lipinski definition) is 2. The second kappa shape index (κ2) is 11.6. The summed E-state index contributed by atoms with van der Waals surface area (Å²) in [7, 11) is 0. The molecule has 0 aromatic heterocycles. The molecule has 3 heterocycles. The van der Waals surface area contributed by atoms with E-state index in [0.29, 0.717) is 65.0 Å². The maximum Gasteiger partial charge on any atom is 0.393 e. The van der Waals surface area contributed by atoms with Crippen LogP contribution in [0.4, 0.5) is 17.6 Å². The summed E-state index contributed by atoms with van der Waals surface area (Å²) in [6.45, 7) is 1.91. The van der Waals surface area contributed by atoms with Crippen molar-refractivity contribution >= 4 is 33.7 Å². The lowest BCUT2D eigenvalue weighted by atomic mass is 9.74. The highest BCUT2D eigenvalue weighted by atomic mass is 79.9. The molecule has 39 heavy (non-hydrogen) atoms. The van der Waals surface area contributed by atoms with Crippen LogP contribution >= 0.6 is 15.9 Å². The van der Waals surface area contributed by atoms with Gasteiger partial charge in [-0.15, -0.1) is 0 Å². The molecule has 2 N–H and O–H groups in total. The van der Waals surface area contributed by atoms with Crippen LogP contribution in [0.5, 0.6) is 0 Å². The van der Waals surface area contributed by atoms with Gasteiger partial charge in [-0.25, -0.2) is 4.39 Å². The molecule has 2 saturated heterocycles. The summed E-state index contributed by atoms with van der Waals surface area (Å²) in [5, 5.41) is 5.53. The molecule has 0 spiro atoms. The molecule has 0 aromatic rings. The van der Waals surface area contributed by atoms with Gasteiger partial charge < -0.3 is 20.3 Å². The van der Waals surface area contributed by atoms with Gasteiger partial charge in [-0.3, -0.25) is 19.3 Å². The van der Waals surface area contributed by atoms with Gasteiger partial charge in [-0.1, -0.05) is 15.9 Å². The molecule has 3 amide bonds. The van der Waals surface area contributed by atoms with Crippen molar-refractivity contribution in [2.75, 3.05) is 39.4 Å². The zero-order valence-corrected chi connectivity index (χ0v) is 23.2. The lowest BCUT2D eigenvalue weighted by Crippen LogP contribution is -2.59. The van der Waals surface area contributed by atoms with E-state index in [1.807, 2.05) is 0 Å². The van der Waals surface area contributed by atoms with Gasteiger partial charge in [0, 0.05) is 60.7 Å². The topological polar surface area (TPSA) is 91.0 Å². The number of likely N-dealkylation sites (tertiary alicyclic amines) is 1. The van der Waals surface area contributed by atoms with Gasteiger partial charge in [-0.05, 0) is 38.5 Å². The monoisotopic (exact) mass is 622 g/mol. The Labute approximate surface area is 233 Å². The molecule has 0 radical (unpaired) electrons. The molecule has 4 fully saturated rings. The molecule has 7 unspecified atom stereocenters. The van der Waals surface area contributed by atoms with Gasteiger partial charge in [0.1, 0.15) is 6.17 Å². The number of nitrogens with one attached hydrogen (secondary N) is 2. The first-order valence-electron chi connectivity index (χ1n) is 13.8. The first-order chi connectivity index (χ1) is 18.5.